The van der Waals surface area contributed by atoms with Crippen molar-refractivity contribution in [3.8, 4) is 0 Å². The Balaban J connectivity index is 2.16. The summed E-state index contributed by atoms with van der Waals surface area (Å²) in [4.78, 5) is 22.5. The Hall–Kier alpha value is -2.54. The Morgan fingerprint density at radius 2 is 1.78 bits per heavy atom. The molecular weight excluding hydrogens is 362 g/mol. The number of nitro groups is 1. The molecule has 0 saturated heterocycles. The molecule has 2 aromatic rings. The van der Waals surface area contributed by atoms with Crippen molar-refractivity contribution in [2.75, 3.05) is 0 Å². The van der Waals surface area contributed by atoms with Crippen LogP contribution in [0.15, 0.2) is 52.0 Å². The van der Waals surface area contributed by atoms with E-state index >= 15 is 0 Å². The van der Waals surface area contributed by atoms with Gasteiger partial charge < -0.3 is 0 Å². The number of hydrogen-bond donors (Lipinski definition) is 1. The molecule has 2 aromatic carbocycles. The maximum atomic E-state index is 12.1. The first-order chi connectivity index (χ1) is 10.9. The van der Waals surface area contributed by atoms with Gasteiger partial charge in [-0.05, 0) is 37.6 Å². The zero-order chi connectivity index (χ0) is 17.0. The van der Waals surface area contributed by atoms with Crippen molar-refractivity contribution in [3.05, 3.63) is 73.7 Å². The van der Waals surface area contributed by atoms with Crippen molar-refractivity contribution in [1.82, 2.24) is 5.43 Å². The van der Waals surface area contributed by atoms with Gasteiger partial charge in [0.15, 0.2) is 0 Å². The molecule has 0 unspecified atom stereocenters. The van der Waals surface area contributed by atoms with Gasteiger partial charge in [-0.2, -0.15) is 5.10 Å². The van der Waals surface area contributed by atoms with Gasteiger partial charge in [-0.15, -0.1) is 0 Å². The number of carbonyl (C=O) groups excluding carboxylic acids is 1. The number of benzene rings is 2. The van der Waals surface area contributed by atoms with E-state index in [1.165, 1.54) is 12.1 Å². The lowest BCUT2D eigenvalue weighted by atomic mass is 10.1. The molecule has 0 aliphatic heterocycles. The number of nitrogens with zero attached hydrogens (tertiary/aromatic N) is 2. The number of halogens is 1. The van der Waals surface area contributed by atoms with E-state index in [9.17, 15) is 14.9 Å². The second kappa shape index (κ2) is 7.15. The van der Waals surface area contributed by atoms with Crippen molar-refractivity contribution >= 4 is 33.2 Å². The Bertz CT molecular complexity index is 786. The van der Waals surface area contributed by atoms with E-state index < -0.39 is 10.8 Å². The summed E-state index contributed by atoms with van der Waals surface area (Å²) < 4.78 is 0.949. The van der Waals surface area contributed by atoms with Crippen LogP contribution in [0.4, 0.5) is 5.69 Å². The highest BCUT2D eigenvalue weighted by Crippen LogP contribution is 2.19. The summed E-state index contributed by atoms with van der Waals surface area (Å²) in [5.41, 5.74) is 4.51. The van der Waals surface area contributed by atoms with Crippen LogP contribution in [0.3, 0.4) is 0 Å². The minimum atomic E-state index is -0.511. The van der Waals surface area contributed by atoms with E-state index in [0.717, 1.165) is 10.0 Å². The molecule has 0 atom stereocenters. The van der Waals surface area contributed by atoms with E-state index in [2.05, 4.69) is 26.5 Å². The van der Waals surface area contributed by atoms with Gasteiger partial charge in [0.05, 0.1) is 10.6 Å². The Morgan fingerprint density at radius 1 is 1.17 bits per heavy atom. The van der Waals surface area contributed by atoms with E-state index in [-0.39, 0.29) is 11.3 Å². The van der Waals surface area contributed by atoms with Gasteiger partial charge in [0.2, 0.25) is 0 Å². The molecule has 118 valence electrons. The van der Waals surface area contributed by atoms with Crippen molar-refractivity contribution < 1.29 is 9.72 Å². The maximum absolute atomic E-state index is 12.1. The number of rotatable bonds is 4. The largest absolute Gasteiger partial charge is 0.273 e. The number of nitro benzene ring substituents is 1. The lowest BCUT2D eigenvalue weighted by Crippen LogP contribution is -2.19. The molecule has 0 spiro atoms. The number of carbonyl (C=O) groups is 1. The number of nitrogens with one attached hydrogen (secondary N) is 1. The molecule has 1 N–H and O–H groups in total. The van der Waals surface area contributed by atoms with Gasteiger partial charge >= 0.3 is 0 Å². The summed E-state index contributed by atoms with van der Waals surface area (Å²) in [7, 11) is 0. The molecule has 23 heavy (non-hydrogen) atoms. The van der Waals surface area contributed by atoms with Crippen LogP contribution in [0, 0.1) is 17.0 Å². The molecule has 0 aliphatic rings. The lowest BCUT2D eigenvalue weighted by molar-refractivity contribution is -0.385. The highest BCUT2D eigenvalue weighted by atomic mass is 79.9. The SMILES string of the molecule is C/C(=N/NC(=O)c1ccc(C)c([N+](=O)[O-])c1)c1ccc(Br)cc1. The second-order valence-corrected chi connectivity index (χ2v) is 5.82. The molecule has 6 nitrogen and oxygen atoms in total. The molecule has 1 amide bonds. The number of amides is 1. The molecule has 7 heteroatoms. The monoisotopic (exact) mass is 375 g/mol. The average molecular weight is 376 g/mol. The number of hydrogen-bond acceptors (Lipinski definition) is 4. The van der Waals surface area contributed by atoms with Crippen LogP contribution in [0.2, 0.25) is 0 Å². The molecule has 0 aromatic heterocycles. The summed E-state index contributed by atoms with van der Waals surface area (Å²) in [6.07, 6.45) is 0. The summed E-state index contributed by atoms with van der Waals surface area (Å²) in [6.45, 7) is 3.39. The molecule has 0 bridgehead atoms. The van der Waals surface area contributed by atoms with E-state index in [1.54, 1.807) is 19.9 Å². The Labute approximate surface area is 141 Å². The fourth-order valence-electron chi connectivity index (χ4n) is 1.90. The van der Waals surface area contributed by atoms with E-state index in [0.29, 0.717) is 11.3 Å². The van der Waals surface area contributed by atoms with E-state index in [4.69, 9.17) is 0 Å². The van der Waals surface area contributed by atoms with Gasteiger partial charge in [0, 0.05) is 21.7 Å². The van der Waals surface area contributed by atoms with Gasteiger partial charge in [-0.3, -0.25) is 14.9 Å². The fourth-order valence-corrected chi connectivity index (χ4v) is 2.17. The van der Waals surface area contributed by atoms with Crippen LogP contribution in [0.5, 0.6) is 0 Å². The zero-order valence-electron chi connectivity index (χ0n) is 12.5. The Morgan fingerprint density at radius 3 is 2.39 bits per heavy atom. The third kappa shape index (κ3) is 4.23. The molecular formula is C16H14BrN3O3. The number of hydrazone groups is 1. The standard InChI is InChI=1S/C16H14BrN3O3/c1-10-3-4-13(9-15(10)20(22)23)16(21)19-18-11(2)12-5-7-14(17)8-6-12/h3-9H,1-2H3,(H,19,21)/b18-11-. The van der Waals surface area contributed by atoms with Gasteiger partial charge in [-0.25, -0.2) is 5.43 Å². The molecule has 0 saturated carbocycles. The quantitative estimate of drug-likeness (QED) is 0.500. The van der Waals surface area contributed by atoms with Crippen LogP contribution < -0.4 is 5.43 Å². The normalized spacial score (nSPS) is 11.2. The van der Waals surface area contributed by atoms with E-state index in [1.807, 2.05) is 24.3 Å². The maximum Gasteiger partial charge on any atom is 0.273 e. The van der Waals surface area contributed by atoms with Gasteiger partial charge in [-0.1, -0.05) is 34.1 Å². The predicted octanol–water partition coefficient (Wildman–Crippen LogP) is 3.82. The number of aryl methyl sites for hydroxylation is 1. The topological polar surface area (TPSA) is 84.6 Å². The van der Waals surface area contributed by atoms with Crippen molar-refractivity contribution in [2.24, 2.45) is 5.10 Å². The average Bonchev–Trinajstić information content (AvgIpc) is 2.53. The highest BCUT2D eigenvalue weighted by Gasteiger charge is 2.14. The second-order valence-electron chi connectivity index (χ2n) is 4.90. The van der Waals surface area contributed by atoms with Gasteiger partial charge in [0.1, 0.15) is 0 Å². The molecule has 0 aliphatic carbocycles. The van der Waals surface area contributed by atoms with Crippen LogP contribution in [-0.2, 0) is 0 Å². The third-order valence-electron chi connectivity index (χ3n) is 3.26. The molecule has 0 heterocycles. The first kappa shape index (κ1) is 16.8. The minimum Gasteiger partial charge on any atom is -0.267 e. The van der Waals surface area contributed by atoms with Crippen LogP contribution in [0.25, 0.3) is 0 Å². The Kier molecular flexibility index (Phi) is 5.23. The van der Waals surface area contributed by atoms with Crippen molar-refractivity contribution in [2.45, 2.75) is 13.8 Å². The van der Waals surface area contributed by atoms with Crippen molar-refractivity contribution in [1.29, 1.82) is 0 Å². The molecule has 0 radical (unpaired) electrons. The van der Waals surface area contributed by atoms with Gasteiger partial charge in [0.25, 0.3) is 11.6 Å². The van der Waals surface area contributed by atoms with Crippen LogP contribution in [-0.4, -0.2) is 16.5 Å². The highest BCUT2D eigenvalue weighted by molar-refractivity contribution is 9.10. The molecule has 2 rings (SSSR count). The first-order valence-corrected chi connectivity index (χ1v) is 7.53. The predicted molar refractivity (Wildman–Crippen MR) is 91.7 cm³/mol. The summed E-state index contributed by atoms with van der Waals surface area (Å²) >= 11 is 3.35. The minimum absolute atomic E-state index is 0.0914. The van der Waals surface area contributed by atoms with Crippen LogP contribution >= 0.6 is 15.9 Å². The smallest absolute Gasteiger partial charge is 0.267 e. The lowest BCUT2D eigenvalue weighted by Gasteiger charge is -2.04. The molecule has 0 fully saturated rings. The summed E-state index contributed by atoms with van der Waals surface area (Å²) in [5.74, 6) is -0.496. The van der Waals surface area contributed by atoms with Crippen molar-refractivity contribution in [3.63, 3.8) is 0 Å². The summed E-state index contributed by atoms with van der Waals surface area (Å²) in [5, 5.41) is 14.9. The first-order valence-electron chi connectivity index (χ1n) is 6.74. The fraction of sp³-hybridized carbons (Fsp3) is 0.125. The third-order valence-corrected chi connectivity index (χ3v) is 3.78. The summed E-state index contributed by atoms with van der Waals surface area (Å²) in [6, 6.07) is 11.8. The zero-order valence-corrected chi connectivity index (χ0v) is 14.1. The van der Waals surface area contributed by atoms with Crippen LogP contribution in [0.1, 0.15) is 28.4 Å².